The molecule has 1 aliphatic rings. The van der Waals surface area contributed by atoms with E-state index in [9.17, 15) is 31.4 Å². The molecule has 1 fully saturated rings. The van der Waals surface area contributed by atoms with E-state index in [1.165, 1.54) is 23.1 Å². The summed E-state index contributed by atoms with van der Waals surface area (Å²) < 4.78 is 89.8. The lowest BCUT2D eigenvalue weighted by Crippen LogP contribution is -2.37. The van der Waals surface area contributed by atoms with Crippen LogP contribution in [-0.2, 0) is 18.8 Å². The van der Waals surface area contributed by atoms with Gasteiger partial charge in [-0.3, -0.25) is 5.41 Å². The van der Waals surface area contributed by atoms with Crippen molar-refractivity contribution in [3.05, 3.63) is 65.0 Å². The lowest BCUT2D eigenvalue weighted by atomic mass is 10.1. The highest BCUT2D eigenvalue weighted by atomic mass is 19.4. The minimum Gasteiger partial charge on any atom is -0.493 e. The molecule has 0 bridgehead atoms. The maximum Gasteiger partial charge on any atom is 0.419 e. The molecule has 4 N–H and O–H groups in total. The van der Waals surface area contributed by atoms with Crippen LogP contribution in [0.1, 0.15) is 35.0 Å². The van der Waals surface area contributed by atoms with Crippen molar-refractivity contribution in [1.29, 1.82) is 5.41 Å². The summed E-state index contributed by atoms with van der Waals surface area (Å²) >= 11 is 0. The van der Waals surface area contributed by atoms with Gasteiger partial charge in [0, 0.05) is 18.5 Å². The van der Waals surface area contributed by atoms with E-state index in [2.05, 4.69) is 10.1 Å². The summed E-state index contributed by atoms with van der Waals surface area (Å²) in [6.45, 7) is 0.0657. The number of nitrogens with zero attached hydrogens (tertiary/aromatic N) is 3. The van der Waals surface area contributed by atoms with E-state index in [0.717, 1.165) is 24.3 Å². The molecular formula is C23H21F6N5O3. The summed E-state index contributed by atoms with van der Waals surface area (Å²) in [5.74, 6) is -1.06. The number of guanidine groups is 1. The van der Waals surface area contributed by atoms with E-state index in [0.29, 0.717) is 12.0 Å². The minimum absolute atomic E-state index is 0.0284. The molecule has 0 aliphatic carbocycles. The van der Waals surface area contributed by atoms with Crippen LogP contribution in [0.15, 0.2) is 47.0 Å². The highest BCUT2D eigenvalue weighted by molar-refractivity contribution is 5.75. The van der Waals surface area contributed by atoms with Gasteiger partial charge in [-0.1, -0.05) is 17.3 Å². The fraction of sp³-hybridized carbons (Fsp3) is 0.348. The summed E-state index contributed by atoms with van der Waals surface area (Å²) in [5, 5.41) is 21.5. The third-order valence-electron chi connectivity index (χ3n) is 5.84. The average Bonchev–Trinajstić information content (AvgIpc) is 3.45. The van der Waals surface area contributed by atoms with Crippen molar-refractivity contribution >= 4 is 5.96 Å². The molecule has 1 aliphatic heterocycles. The standard InChI is InChI=1S/C23H21F6N5O3/c24-22(25,26)14-4-1-12(2-5-14)8-10-36-17-6-3-13(11-15(17)23(27,28)29)19-32-20(37-33-19)18-16(35)7-9-34(18)21(30)31/h1-6,11,16,18,35H,7-10H2,(H3,30,31)/t16-,18-/m0/s1. The third-order valence-corrected chi connectivity index (χ3v) is 5.84. The van der Waals surface area contributed by atoms with Gasteiger partial charge in [-0.15, -0.1) is 0 Å². The molecule has 0 unspecified atom stereocenters. The lowest BCUT2D eigenvalue weighted by molar-refractivity contribution is -0.139. The van der Waals surface area contributed by atoms with Crippen LogP contribution in [-0.4, -0.2) is 45.4 Å². The quantitative estimate of drug-likeness (QED) is 0.246. The molecule has 0 amide bonds. The summed E-state index contributed by atoms with van der Waals surface area (Å²) in [7, 11) is 0. The second-order valence-electron chi connectivity index (χ2n) is 8.34. The first-order chi connectivity index (χ1) is 17.3. The molecule has 4 rings (SSSR count). The Bertz CT molecular complexity index is 1260. The van der Waals surface area contributed by atoms with Gasteiger partial charge >= 0.3 is 12.4 Å². The second-order valence-corrected chi connectivity index (χ2v) is 8.34. The number of rotatable bonds is 6. The number of likely N-dealkylation sites (tertiary alicyclic amines) is 1. The van der Waals surface area contributed by atoms with Crippen molar-refractivity contribution < 1.29 is 40.7 Å². The molecule has 0 spiro atoms. The number of halogens is 6. The smallest absolute Gasteiger partial charge is 0.419 e. The maximum absolute atomic E-state index is 13.8. The minimum atomic E-state index is -4.79. The van der Waals surface area contributed by atoms with Gasteiger partial charge in [-0.05, 0) is 42.3 Å². The van der Waals surface area contributed by atoms with Crippen molar-refractivity contribution in [2.75, 3.05) is 13.2 Å². The lowest BCUT2D eigenvalue weighted by Gasteiger charge is -2.22. The van der Waals surface area contributed by atoms with Crippen LogP contribution in [0, 0.1) is 5.41 Å². The number of aliphatic hydroxyl groups excluding tert-OH is 1. The summed E-state index contributed by atoms with van der Waals surface area (Å²) in [4.78, 5) is 5.45. The van der Waals surface area contributed by atoms with Crippen LogP contribution in [0.4, 0.5) is 26.3 Å². The second kappa shape index (κ2) is 9.92. The fourth-order valence-electron chi connectivity index (χ4n) is 3.97. The summed E-state index contributed by atoms with van der Waals surface area (Å²) in [6.07, 6.45) is -9.86. The predicted octanol–water partition coefficient (Wildman–Crippen LogP) is 4.40. The van der Waals surface area contributed by atoms with E-state index in [1.54, 1.807) is 0 Å². The number of nitrogens with one attached hydrogen (secondary N) is 1. The van der Waals surface area contributed by atoms with Gasteiger partial charge in [-0.2, -0.15) is 31.3 Å². The van der Waals surface area contributed by atoms with E-state index in [4.69, 9.17) is 20.4 Å². The molecule has 14 heteroatoms. The number of hydrogen-bond donors (Lipinski definition) is 3. The summed E-state index contributed by atoms with van der Waals surface area (Å²) in [6, 6.07) is 6.54. The molecule has 2 aromatic carbocycles. The first-order valence-corrected chi connectivity index (χ1v) is 11.0. The Morgan fingerprint density at radius 3 is 2.43 bits per heavy atom. The van der Waals surface area contributed by atoms with Crippen molar-refractivity contribution in [2.45, 2.75) is 37.3 Å². The molecule has 0 radical (unpaired) electrons. The maximum atomic E-state index is 13.8. The van der Waals surface area contributed by atoms with Gasteiger partial charge in [0.15, 0.2) is 5.96 Å². The van der Waals surface area contributed by atoms with Crippen LogP contribution in [0.5, 0.6) is 5.75 Å². The fourth-order valence-corrected chi connectivity index (χ4v) is 3.97. The van der Waals surface area contributed by atoms with E-state index in [1.807, 2.05) is 0 Å². The number of ether oxygens (including phenoxy) is 1. The topological polar surface area (TPSA) is 121 Å². The first-order valence-electron chi connectivity index (χ1n) is 11.0. The molecule has 198 valence electrons. The van der Waals surface area contributed by atoms with Gasteiger partial charge in [0.25, 0.3) is 5.89 Å². The summed E-state index contributed by atoms with van der Waals surface area (Å²) in [5.41, 5.74) is 4.02. The van der Waals surface area contributed by atoms with Crippen LogP contribution in [0.25, 0.3) is 11.4 Å². The van der Waals surface area contributed by atoms with Gasteiger partial charge in [-0.25, -0.2) is 0 Å². The third kappa shape index (κ3) is 5.79. The molecular weight excluding hydrogens is 508 g/mol. The van der Waals surface area contributed by atoms with Crippen molar-refractivity contribution in [1.82, 2.24) is 15.0 Å². The molecule has 37 heavy (non-hydrogen) atoms. The highest BCUT2D eigenvalue weighted by Gasteiger charge is 2.40. The zero-order valence-electron chi connectivity index (χ0n) is 19.0. The van der Waals surface area contributed by atoms with Crippen molar-refractivity contribution in [3.8, 4) is 17.1 Å². The number of aromatic nitrogens is 2. The number of alkyl halides is 6. The molecule has 1 aromatic heterocycles. The zero-order chi connectivity index (χ0) is 27.0. The predicted molar refractivity (Wildman–Crippen MR) is 117 cm³/mol. The molecule has 3 aromatic rings. The van der Waals surface area contributed by atoms with E-state index < -0.39 is 41.4 Å². The number of nitrogens with two attached hydrogens (primary N) is 1. The van der Waals surface area contributed by atoms with Gasteiger partial charge in [0.05, 0.1) is 23.8 Å². The first kappa shape index (κ1) is 26.3. The highest BCUT2D eigenvalue weighted by Crippen LogP contribution is 2.39. The van der Waals surface area contributed by atoms with E-state index in [-0.39, 0.29) is 42.8 Å². The van der Waals surface area contributed by atoms with Crippen molar-refractivity contribution in [2.24, 2.45) is 5.73 Å². The van der Waals surface area contributed by atoms with Gasteiger partial charge in [0.2, 0.25) is 5.82 Å². The zero-order valence-corrected chi connectivity index (χ0v) is 19.0. The van der Waals surface area contributed by atoms with Crippen LogP contribution in [0.2, 0.25) is 0 Å². The van der Waals surface area contributed by atoms with Crippen molar-refractivity contribution in [3.63, 3.8) is 0 Å². The molecule has 8 nitrogen and oxygen atoms in total. The Morgan fingerprint density at radius 2 is 1.81 bits per heavy atom. The van der Waals surface area contributed by atoms with Gasteiger partial charge < -0.3 is 25.0 Å². The molecule has 2 atom stereocenters. The molecule has 2 heterocycles. The number of benzene rings is 2. The molecule has 1 saturated heterocycles. The SMILES string of the molecule is N=C(N)N1CC[C@H](O)[C@H]1c1nc(-c2ccc(OCCc3ccc(C(F)(F)F)cc3)c(C(F)(F)F)c2)no1. The van der Waals surface area contributed by atoms with Crippen LogP contribution in [0.3, 0.4) is 0 Å². The Labute approximate surface area is 206 Å². The Hall–Kier alpha value is -3.81. The monoisotopic (exact) mass is 529 g/mol. The van der Waals surface area contributed by atoms with E-state index >= 15 is 0 Å². The number of aliphatic hydroxyl groups is 1. The largest absolute Gasteiger partial charge is 0.493 e. The normalized spacial score (nSPS) is 18.3. The van der Waals surface area contributed by atoms with Crippen LogP contribution < -0.4 is 10.5 Å². The van der Waals surface area contributed by atoms with Gasteiger partial charge in [0.1, 0.15) is 11.8 Å². The Kier molecular flexibility index (Phi) is 7.04. The Balaban J connectivity index is 1.50. The molecule has 0 saturated carbocycles. The Morgan fingerprint density at radius 1 is 1.11 bits per heavy atom. The number of hydrogen-bond acceptors (Lipinski definition) is 6. The average molecular weight is 529 g/mol. The van der Waals surface area contributed by atoms with Crippen LogP contribution >= 0.6 is 0 Å².